The van der Waals surface area contributed by atoms with Gasteiger partial charge in [-0.15, -0.1) is 0 Å². The minimum Gasteiger partial charge on any atom is -0.496 e. The number of halogens is 4. The summed E-state index contributed by atoms with van der Waals surface area (Å²) in [6, 6.07) is 2.31. The van der Waals surface area contributed by atoms with Crippen molar-refractivity contribution >= 4 is 11.5 Å². The third-order valence-corrected chi connectivity index (χ3v) is 3.77. The van der Waals surface area contributed by atoms with Crippen LogP contribution in [0.25, 0.3) is 5.57 Å². The maximum Gasteiger partial charge on any atom is 0.428 e. The molecule has 0 radical (unpaired) electrons. The van der Waals surface area contributed by atoms with Gasteiger partial charge in [0, 0.05) is 17.5 Å². The summed E-state index contributed by atoms with van der Waals surface area (Å²) in [5.74, 6) is -2.35. The van der Waals surface area contributed by atoms with E-state index in [-0.39, 0.29) is 29.1 Å². The monoisotopic (exact) mass is 364 g/mol. The summed E-state index contributed by atoms with van der Waals surface area (Å²) in [7, 11) is 1.25. The van der Waals surface area contributed by atoms with E-state index in [9.17, 15) is 27.5 Å². The zero-order valence-corrected chi connectivity index (χ0v) is 14.3. The summed E-state index contributed by atoms with van der Waals surface area (Å²) in [5.41, 5.74) is -3.51. The molecule has 0 aliphatic heterocycles. The van der Waals surface area contributed by atoms with Crippen molar-refractivity contribution in [1.29, 1.82) is 0 Å². The topological polar surface area (TPSA) is 55.8 Å². The Morgan fingerprint density at radius 3 is 2.36 bits per heavy atom. The van der Waals surface area contributed by atoms with Crippen molar-refractivity contribution in [2.45, 2.75) is 39.0 Å². The lowest BCUT2D eigenvalue weighted by Crippen LogP contribution is -2.53. The molecule has 0 bridgehead atoms. The third-order valence-electron chi connectivity index (χ3n) is 3.77. The molecule has 1 N–H and O–H groups in total. The fourth-order valence-corrected chi connectivity index (χ4v) is 2.35. The van der Waals surface area contributed by atoms with Crippen LogP contribution in [-0.4, -0.2) is 36.6 Å². The highest BCUT2D eigenvalue weighted by Crippen LogP contribution is 2.41. The molecule has 1 aromatic carbocycles. The highest BCUT2D eigenvalue weighted by Gasteiger charge is 2.61. The molecule has 1 rings (SSSR count). The molecule has 4 nitrogen and oxygen atoms in total. The van der Waals surface area contributed by atoms with Crippen molar-refractivity contribution in [1.82, 2.24) is 0 Å². The quantitative estimate of drug-likeness (QED) is 0.616. The van der Waals surface area contributed by atoms with Crippen molar-refractivity contribution in [3.63, 3.8) is 0 Å². The normalized spacial score (nSPS) is 14.8. The Bertz CT molecular complexity index is 667. The van der Waals surface area contributed by atoms with Gasteiger partial charge in [-0.05, 0) is 38.5 Å². The number of methoxy groups -OCH3 is 1. The van der Waals surface area contributed by atoms with Gasteiger partial charge in [-0.3, -0.25) is 0 Å². The summed E-state index contributed by atoms with van der Waals surface area (Å²) in [5, 5.41) is 10.0. The van der Waals surface area contributed by atoms with Gasteiger partial charge in [0.15, 0.2) is 0 Å². The lowest BCUT2D eigenvalue weighted by Gasteiger charge is -2.29. The molecular weight excluding hydrogens is 344 g/mol. The van der Waals surface area contributed by atoms with Crippen LogP contribution in [0.1, 0.15) is 31.4 Å². The summed E-state index contributed by atoms with van der Waals surface area (Å²) in [6.07, 6.45) is -5.05. The van der Waals surface area contributed by atoms with Crippen LogP contribution in [0.2, 0.25) is 0 Å². The molecule has 1 atom stereocenters. The highest BCUT2D eigenvalue weighted by molar-refractivity contribution is 5.85. The van der Waals surface area contributed by atoms with E-state index in [4.69, 9.17) is 4.74 Å². The molecule has 1 aromatic rings. The van der Waals surface area contributed by atoms with E-state index < -0.39 is 30.0 Å². The Morgan fingerprint density at radius 2 is 1.92 bits per heavy atom. The van der Waals surface area contributed by atoms with Crippen molar-refractivity contribution in [2.75, 3.05) is 13.7 Å². The number of ether oxygens (including phenoxy) is 2. The smallest absolute Gasteiger partial charge is 0.428 e. The number of rotatable bonds is 6. The first-order chi connectivity index (χ1) is 11.5. The second-order valence-corrected chi connectivity index (χ2v) is 5.32. The number of carbonyl (C=O) groups is 1. The van der Waals surface area contributed by atoms with E-state index >= 15 is 0 Å². The highest BCUT2D eigenvalue weighted by atomic mass is 19.4. The summed E-state index contributed by atoms with van der Waals surface area (Å²) >= 11 is 0. The van der Waals surface area contributed by atoms with E-state index in [0.29, 0.717) is 0 Å². The molecule has 0 aromatic heterocycles. The van der Waals surface area contributed by atoms with Crippen molar-refractivity contribution in [2.24, 2.45) is 0 Å². The van der Waals surface area contributed by atoms with Crippen LogP contribution in [0.3, 0.4) is 0 Å². The second-order valence-electron chi connectivity index (χ2n) is 5.32. The molecule has 0 aliphatic carbocycles. The number of alkyl halides is 3. The lowest BCUT2D eigenvalue weighted by atomic mass is 9.88. The Kier molecular flexibility index (Phi) is 6.59. The van der Waals surface area contributed by atoms with Crippen LogP contribution in [0.5, 0.6) is 5.75 Å². The van der Waals surface area contributed by atoms with Crippen LogP contribution in [0.4, 0.5) is 17.6 Å². The molecule has 8 heteroatoms. The van der Waals surface area contributed by atoms with E-state index in [1.54, 1.807) is 0 Å². The zero-order chi connectivity index (χ0) is 19.4. The Labute approximate surface area is 143 Å². The number of hydrogen-bond acceptors (Lipinski definition) is 4. The first-order valence-electron chi connectivity index (χ1n) is 7.48. The molecule has 0 saturated carbocycles. The molecule has 0 fully saturated rings. The van der Waals surface area contributed by atoms with Crippen molar-refractivity contribution in [3.05, 3.63) is 35.2 Å². The molecule has 0 aliphatic rings. The van der Waals surface area contributed by atoms with Gasteiger partial charge in [-0.25, -0.2) is 9.18 Å². The lowest BCUT2D eigenvalue weighted by molar-refractivity contribution is -0.260. The van der Waals surface area contributed by atoms with Gasteiger partial charge >= 0.3 is 12.1 Å². The Hall–Kier alpha value is -2.09. The van der Waals surface area contributed by atoms with Crippen LogP contribution in [-0.2, 0) is 9.53 Å². The molecule has 0 spiro atoms. The predicted molar refractivity (Wildman–Crippen MR) is 83.6 cm³/mol. The molecule has 0 heterocycles. The van der Waals surface area contributed by atoms with Gasteiger partial charge in [-0.1, -0.05) is 6.08 Å². The van der Waals surface area contributed by atoms with Crippen LogP contribution >= 0.6 is 0 Å². The molecule has 0 amide bonds. The van der Waals surface area contributed by atoms with Crippen LogP contribution in [0, 0.1) is 12.7 Å². The minimum absolute atomic E-state index is 0.0292. The van der Waals surface area contributed by atoms with Gasteiger partial charge in [0.1, 0.15) is 11.6 Å². The summed E-state index contributed by atoms with van der Waals surface area (Å²) in [6.45, 7) is 3.86. The van der Waals surface area contributed by atoms with E-state index in [1.807, 2.05) is 0 Å². The molecule has 25 heavy (non-hydrogen) atoms. The molecule has 1 unspecified atom stereocenters. The molecule has 140 valence electrons. The van der Waals surface area contributed by atoms with Gasteiger partial charge in [0.05, 0.1) is 13.7 Å². The van der Waals surface area contributed by atoms with E-state index in [0.717, 1.165) is 6.07 Å². The maximum atomic E-state index is 13.7. The fourth-order valence-electron chi connectivity index (χ4n) is 2.35. The Morgan fingerprint density at radius 1 is 1.32 bits per heavy atom. The third kappa shape index (κ3) is 4.12. The average Bonchev–Trinajstić information content (AvgIpc) is 2.54. The number of carbonyl (C=O) groups excluding carboxylic acids is 1. The van der Waals surface area contributed by atoms with Crippen molar-refractivity contribution < 1.29 is 36.9 Å². The van der Waals surface area contributed by atoms with Gasteiger partial charge in [-0.2, -0.15) is 13.2 Å². The standard InChI is InChI=1S/C17H20F4O4/c1-5-11(12-7-8-13(18)10(3)14(12)24-4)9-16(23,17(19,20)21)15(22)25-6-2/h5,7-8,23H,6,9H2,1-4H3. The number of benzene rings is 1. The first-order valence-corrected chi connectivity index (χ1v) is 7.48. The maximum absolute atomic E-state index is 13.7. The number of esters is 1. The van der Waals surface area contributed by atoms with E-state index in [2.05, 4.69) is 4.74 Å². The SMILES string of the molecule is CC=C(CC(O)(C(=O)OCC)C(F)(F)F)c1ccc(F)c(C)c1OC. The predicted octanol–water partition coefficient (Wildman–Crippen LogP) is 3.79. The van der Waals surface area contributed by atoms with Gasteiger partial charge in [0.2, 0.25) is 0 Å². The van der Waals surface area contributed by atoms with Gasteiger partial charge < -0.3 is 14.6 Å². The zero-order valence-electron chi connectivity index (χ0n) is 14.3. The number of hydrogen-bond donors (Lipinski definition) is 1. The molecule has 0 saturated heterocycles. The van der Waals surface area contributed by atoms with Crippen LogP contribution < -0.4 is 4.74 Å². The Balaban J connectivity index is 3.42. The fraction of sp³-hybridized carbons (Fsp3) is 0.471. The average molecular weight is 364 g/mol. The van der Waals surface area contributed by atoms with Crippen LogP contribution in [0.15, 0.2) is 18.2 Å². The first kappa shape index (κ1) is 21.0. The second kappa shape index (κ2) is 7.86. The summed E-state index contributed by atoms with van der Waals surface area (Å²) in [4.78, 5) is 11.8. The number of aliphatic hydroxyl groups is 1. The van der Waals surface area contributed by atoms with E-state index in [1.165, 1.54) is 40.0 Å². The van der Waals surface area contributed by atoms with Gasteiger partial charge in [0.25, 0.3) is 5.60 Å². The summed E-state index contributed by atoms with van der Waals surface area (Å²) < 4.78 is 63.2. The number of allylic oxidation sites excluding steroid dienone is 1. The minimum atomic E-state index is -5.25. The van der Waals surface area contributed by atoms with Crippen molar-refractivity contribution in [3.8, 4) is 5.75 Å². The largest absolute Gasteiger partial charge is 0.496 e. The molecular formula is C17H20F4O4.